The van der Waals surface area contributed by atoms with Gasteiger partial charge in [-0.25, -0.2) is 4.79 Å². The molecular formula is C12H11N3O4. The Morgan fingerprint density at radius 3 is 2.68 bits per heavy atom. The topological polar surface area (TPSA) is 92.9 Å². The van der Waals surface area contributed by atoms with Crippen molar-refractivity contribution in [3.63, 3.8) is 0 Å². The predicted octanol–water partition coefficient (Wildman–Crippen LogP) is 1.66. The van der Waals surface area contributed by atoms with Crippen LogP contribution in [0.2, 0.25) is 0 Å². The number of nitro benzene ring substituents is 1. The van der Waals surface area contributed by atoms with Gasteiger partial charge < -0.3 is 4.90 Å². The molecule has 1 aromatic rings. The van der Waals surface area contributed by atoms with Gasteiger partial charge in [0.15, 0.2) is 5.69 Å². The molecule has 0 fully saturated rings. The summed E-state index contributed by atoms with van der Waals surface area (Å²) in [6.45, 7) is 0. The fourth-order valence-corrected chi connectivity index (χ4v) is 1.25. The number of carbonyl (C=O) groups is 1. The van der Waals surface area contributed by atoms with Crippen molar-refractivity contribution in [3.05, 3.63) is 40.0 Å². The van der Waals surface area contributed by atoms with Crippen LogP contribution in [0.25, 0.3) is 6.08 Å². The Labute approximate surface area is 109 Å². The Morgan fingerprint density at radius 2 is 2.16 bits per heavy atom. The predicted molar refractivity (Wildman–Crippen MR) is 68.6 cm³/mol. The third-order valence-electron chi connectivity index (χ3n) is 2.22. The van der Waals surface area contributed by atoms with Crippen molar-refractivity contribution in [2.75, 3.05) is 14.1 Å². The molecule has 0 unspecified atom stereocenters. The molecule has 0 spiro atoms. The van der Waals surface area contributed by atoms with Crippen LogP contribution in [-0.4, -0.2) is 35.9 Å². The van der Waals surface area contributed by atoms with Gasteiger partial charge in [-0.3, -0.25) is 14.9 Å². The number of carbonyl (C=O) groups excluding carboxylic acids is 2. The number of hydrogen-bond donors (Lipinski definition) is 0. The van der Waals surface area contributed by atoms with Crippen molar-refractivity contribution in [1.29, 1.82) is 0 Å². The first-order valence-corrected chi connectivity index (χ1v) is 5.21. The van der Waals surface area contributed by atoms with E-state index in [-0.39, 0.29) is 17.3 Å². The standard InChI is InChI=1S/C12H11N3O4/c1-14(2)12(17)6-4-9-3-5-10(13-8-16)11(7-9)15(18)19/h3-7H,1-2H3. The lowest BCUT2D eigenvalue weighted by molar-refractivity contribution is -0.384. The molecule has 0 saturated heterocycles. The van der Waals surface area contributed by atoms with Crippen molar-refractivity contribution < 1.29 is 14.5 Å². The van der Waals surface area contributed by atoms with E-state index in [9.17, 15) is 19.7 Å². The van der Waals surface area contributed by atoms with E-state index in [1.807, 2.05) is 0 Å². The van der Waals surface area contributed by atoms with Gasteiger partial charge in [-0.1, -0.05) is 6.07 Å². The molecule has 7 heteroatoms. The maximum atomic E-state index is 11.3. The zero-order chi connectivity index (χ0) is 14.4. The quantitative estimate of drug-likeness (QED) is 0.271. The van der Waals surface area contributed by atoms with Gasteiger partial charge in [0, 0.05) is 26.2 Å². The molecule has 0 aliphatic rings. The number of benzene rings is 1. The normalized spacial score (nSPS) is 10.0. The molecule has 0 saturated carbocycles. The van der Waals surface area contributed by atoms with Crippen LogP contribution in [0.4, 0.5) is 11.4 Å². The van der Waals surface area contributed by atoms with E-state index in [1.165, 1.54) is 41.3 Å². The second kappa shape index (κ2) is 6.23. The van der Waals surface area contributed by atoms with Crippen LogP contribution in [0.1, 0.15) is 5.56 Å². The van der Waals surface area contributed by atoms with E-state index in [2.05, 4.69) is 4.99 Å². The maximum absolute atomic E-state index is 11.3. The average molecular weight is 261 g/mol. The Morgan fingerprint density at radius 1 is 1.47 bits per heavy atom. The van der Waals surface area contributed by atoms with Crippen molar-refractivity contribution in [1.82, 2.24) is 4.90 Å². The summed E-state index contributed by atoms with van der Waals surface area (Å²) in [4.78, 5) is 36.3. The number of amides is 1. The summed E-state index contributed by atoms with van der Waals surface area (Å²) in [5.74, 6) is -0.238. The van der Waals surface area contributed by atoms with Gasteiger partial charge in [-0.2, -0.15) is 4.99 Å². The highest BCUT2D eigenvalue weighted by Crippen LogP contribution is 2.28. The molecule has 0 atom stereocenters. The number of isocyanates is 1. The smallest absolute Gasteiger partial charge is 0.296 e. The van der Waals surface area contributed by atoms with Crippen LogP contribution >= 0.6 is 0 Å². The maximum Gasteiger partial charge on any atom is 0.296 e. The Balaban J connectivity index is 3.12. The van der Waals surface area contributed by atoms with Crippen LogP contribution in [0.15, 0.2) is 29.3 Å². The summed E-state index contributed by atoms with van der Waals surface area (Å²) in [6, 6.07) is 4.07. The second-order valence-electron chi connectivity index (χ2n) is 3.77. The summed E-state index contributed by atoms with van der Waals surface area (Å²) in [5.41, 5.74) is 0.0747. The summed E-state index contributed by atoms with van der Waals surface area (Å²) in [7, 11) is 3.19. The molecule has 0 heterocycles. The van der Waals surface area contributed by atoms with Crippen molar-refractivity contribution in [2.45, 2.75) is 0 Å². The van der Waals surface area contributed by atoms with E-state index in [0.29, 0.717) is 5.56 Å². The van der Waals surface area contributed by atoms with Crippen LogP contribution in [0, 0.1) is 10.1 Å². The van der Waals surface area contributed by atoms with Crippen LogP contribution in [0.3, 0.4) is 0 Å². The van der Waals surface area contributed by atoms with E-state index < -0.39 is 4.92 Å². The van der Waals surface area contributed by atoms with Gasteiger partial charge in [0.05, 0.1) is 4.92 Å². The Bertz CT molecular complexity index is 587. The lowest BCUT2D eigenvalue weighted by Crippen LogP contribution is -2.18. The van der Waals surface area contributed by atoms with E-state index >= 15 is 0 Å². The summed E-state index contributed by atoms with van der Waals surface area (Å²) in [5, 5.41) is 10.8. The van der Waals surface area contributed by atoms with Gasteiger partial charge in [-0.05, 0) is 17.7 Å². The fraction of sp³-hybridized carbons (Fsp3) is 0.167. The molecule has 0 aromatic heterocycles. The zero-order valence-corrected chi connectivity index (χ0v) is 10.4. The number of hydrogen-bond acceptors (Lipinski definition) is 5. The lowest BCUT2D eigenvalue weighted by atomic mass is 10.1. The minimum Gasteiger partial charge on any atom is -0.345 e. The van der Waals surface area contributed by atoms with Crippen LogP contribution in [-0.2, 0) is 9.59 Å². The number of nitrogens with zero attached hydrogens (tertiary/aromatic N) is 3. The van der Waals surface area contributed by atoms with Crippen molar-refractivity contribution >= 4 is 29.4 Å². The molecule has 7 nitrogen and oxygen atoms in total. The molecule has 0 aliphatic heterocycles. The molecule has 0 radical (unpaired) electrons. The molecule has 1 amide bonds. The highest BCUT2D eigenvalue weighted by Gasteiger charge is 2.13. The van der Waals surface area contributed by atoms with Gasteiger partial charge in [-0.15, -0.1) is 0 Å². The highest BCUT2D eigenvalue weighted by atomic mass is 16.6. The van der Waals surface area contributed by atoms with Gasteiger partial charge in [0.2, 0.25) is 12.0 Å². The van der Waals surface area contributed by atoms with E-state index in [0.717, 1.165) is 0 Å². The zero-order valence-electron chi connectivity index (χ0n) is 10.4. The van der Waals surface area contributed by atoms with Crippen molar-refractivity contribution in [2.24, 2.45) is 4.99 Å². The molecule has 1 aromatic carbocycles. The first kappa shape index (κ1) is 14.3. The van der Waals surface area contributed by atoms with Gasteiger partial charge in [0.25, 0.3) is 5.69 Å². The number of aliphatic imine (C=N–C) groups is 1. The first-order chi connectivity index (χ1) is 8.95. The number of nitro groups is 1. The van der Waals surface area contributed by atoms with Gasteiger partial charge >= 0.3 is 0 Å². The molecule has 1 rings (SSSR count). The molecule has 0 aliphatic carbocycles. The summed E-state index contributed by atoms with van der Waals surface area (Å²) < 4.78 is 0. The molecule has 0 bridgehead atoms. The summed E-state index contributed by atoms with van der Waals surface area (Å²) in [6.07, 6.45) is 4.00. The van der Waals surface area contributed by atoms with E-state index in [4.69, 9.17) is 0 Å². The molecular weight excluding hydrogens is 250 g/mol. The van der Waals surface area contributed by atoms with Gasteiger partial charge in [0.1, 0.15) is 0 Å². The lowest BCUT2D eigenvalue weighted by Gasteiger charge is -2.05. The molecule has 98 valence electrons. The Kier molecular flexibility index (Phi) is 4.68. The van der Waals surface area contributed by atoms with Crippen LogP contribution in [0.5, 0.6) is 0 Å². The Hall–Kier alpha value is -2.79. The molecule has 0 N–H and O–H groups in total. The largest absolute Gasteiger partial charge is 0.345 e. The second-order valence-corrected chi connectivity index (χ2v) is 3.77. The third-order valence-corrected chi connectivity index (χ3v) is 2.22. The monoisotopic (exact) mass is 261 g/mol. The average Bonchev–Trinajstić information content (AvgIpc) is 2.37. The summed E-state index contributed by atoms with van der Waals surface area (Å²) >= 11 is 0. The SMILES string of the molecule is CN(C)C(=O)C=Cc1ccc(N=C=O)c([N+](=O)[O-])c1. The van der Waals surface area contributed by atoms with E-state index in [1.54, 1.807) is 14.1 Å². The number of rotatable bonds is 4. The highest BCUT2D eigenvalue weighted by molar-refractivity contribution is 5.91. The molecule has 19 heavy (non-hydrogen) atoms. The third kappa shape index (κ3) is 3.86. The number of likely N-dealkylation sites (N-methyl/N-ethyl adjacent to an activating group) is 1. The fourth-order valence-electron chi connectivity index (χ4n) is 1.25. The minimum atomic E-state index is -0.652. The van der Waals surface area contributed by atoms with Crippen LogP contribution < -0.4 is 0 Å². The van der Waals surface area contributed by atoms with Crippen molar-refractivity contribution in [3.8, 4) is 0 Å². The first-order valence-electron chi connectivity index (χ1n) is 5.21. The minimum absolute atomic E-state index is 0.0731.